The van der Waals surface area contributed by atoms with Crippen molar-refractivity contribution in [3.8, 4) is 5.75 Å². The van der Waals surface area contributed by atoms with Gasteiger partial charge >= 0.3 is 0 Å². The van der Waals surface area contributed by atoms with Crippen LogP contribution >= 0.6 is 11.6 Å². The average molecular weight is 338 g/mol. The topological polar surface area (TPSA) is 38.3 Å². The van der Waals surface area contributed by atoms with Gasteiger partial charge in [-0.3, -0.25) is 4.21 Å². The zero-order valence-corrected chi connectivity index (χ0v) is 14.3. The van der Waals surface area contributed by atoms with Crippen LogP contribution in [0.4, 0.5) is 0 Å². The van der Waals surface area contributed by atoms with E-state index in [0.29, 0.717) is 17.3 Å². The van der Waals surface area contributed by atoms with E-state index in [0.717, 1.165) is 16.9 Å². The molecule has 0 fully saturated rings. The highest BCUT2D eigenvalue weighted by atomic mass is 35.5. The van der Waals surface area contributed by atoms with Gasteiger partial charge in [-0.15, -0.1) is 0 Å². The molecular weight excluding hydrogens is 318 g/mol. The smallest absolute Gasteiger partial charge is 0.124 e. The summed E-state index contributed by atoms with van der Waals surface area (Å²) in [6.07, 6.45) is 1.72. The molecule has 0 bridgehead atoms. The Balaban J connectivity index is 2.17. The van der Waals surface area contributed by atoms with Crippen molar-refractivity contribution in [2.75, 3.05) is 19.1 Å². The standard InChI is InChI=1S/C17H20ClNO2S/c1-21-17-10-6-9-15(18)14(17)11-19-16(12-22(2)20)13-7-4-3-5-8-13/h3-10,16,19H,11-12H2,1-2H3/t16-,22-/m1/s1. The van der Waals surface area contributed by atoms with Crippen molar-refractivity contribution in [3.05, 3.63) is 64.7 Å². The molecule has 0 aromatic heterocycles. The predicted molar refractivity (Wildman–Crippen MR) is 93.0 cm³/mol. The second-order valence-electron chi connectivity index (χ2n) is 5.00. The summed E-state index contributed by atoms with van der Waals surface area (Å²) in [4.78, 5) is 0. The molecular formula is C17H20ClNO2S. The molecule has 2 aromatic carbocycles. The fraction of sp³-hybridized carbons (Fsp3) is 0.294. The van der Waals surface area contributed by atoms with E-state index in [1.54, 1.807) is 13.4 Å². The minimum absolute atomic E-state index is 0.00742. The van der Waals surface area contributed by atoms with Crippen LogP contribution in [0.2, 0.25) is 5.02 Å². The molecule has 0 aliphatic rings. The van der Waals surface area contributed by atoms with Crippen LogP contribution in [0.5, 0.6) is 5.75 Å². The number of rotatable bonds is 7. The molecule has 0 heterocycles. The molecule has 0 aliphatic heterocycles. The van der Waals surface area contributed by atoms with Crippen molar-refractivity contribution in [2.24, 2.45) is 0 Å². The zero-order chi connectivity index (χ0) is 15.9. The Morgan fingerprint density at radius 3 is 2.55 bits per heavy atom. The second-order valence-corrected chi connectivity index (χ2v) is 6.89. The molecule has 22 heavy (non-hydrogen) atoms. The Labute approximate surface area is 139 Å². The van der Waals surface area contributed by atoms with E-state index in [4.69, 9.17) is 16.3 Å². The molecule has 5 heteroatoms. The Morgan fingerprint density at radius 2 is 1.91 bits per heavy atom. The molecule has 2 aromatic rings. The van der Waals surface area contributed by atoms with Crippen LogP contribution in [-0.2, 0) is 17.3 Å². The van der Waals surface area contributed by atoms with Crippen molar-refractivity contribution < 1.29 is 8.95 Å². The predicted octanol–water partition coefficient (Wildman–Crippen LogP) is 3.56. The summed E-state index contributed by atoms with van der Waals surface area (Å²) < 4.78 is 17.0. The van der Waals surface area contributed by atoms with Crippen LogP contribution in [0.1, 0.15) is 17.2 Å². The molecule has 0 saturated heterocycles. The first-order chi connectivity index (χ1) is 10.6. The number of hydrogen-bond acceptors (Lipinski definition) is 3. The lowest BCUT2D eigenvalue weighted by atomic mass is 10.1. The molecule has 3 nitrogen and oxygen atoms in total. The van der Waals surface area contributed by atoms with Crippen LogP contribution in [-0.4, -0.2) is 23.3 Å². The number of benzene rings is 2. The van der Waals surface area contributed by atoms with Gasteiger partial charge in [0.25, 0.3) is 0 Å². The molecule has 0 spiro atoms. The summed E-state index contributed by atoms with van der Waals surface area (Å²) in [5, 5.41) is 4.10. The first-order valence-electron chi connectivity index (χ1n) is 7.01. The van der Waals surface area contributed by atoms with Crippen LogP contribution in [0.3, 0.4) is 0 Å². The third-order valence-electron chi connectivity index (χ3n) is 3.42. The van der Waals surface area contributed by atoms with E-state index < -0.39 is 10.8 Å². The van der Waals surface area contributed by atoms with Gasteiger partial charge in [-0.1, -0.05) is 48.0 Å². The summed E-state index contributed by atoms with van der Waals surface area (Å²) in [7, 11) is 0.737. The quantitative estimate of drug-likeness (QED) is 0.839. The first-order valence-corrected chi connectivity index (χ1v) is 9.12. The van der Waals surface area contributed by atoms with E-state index in [1.165, 1.54) is 0 Å². The fourth-order valence-electron chi connectivity index (χ4n) is 2.32. The number of halogens is 1. The van der Waals surface area contributed by atoms with Crippen LogP contribution in [0, 0.1) is 0 Å². The minimum atomic E-state index is -0.893. The molecule has 2 atom stereocenters. The third kappa shape index (κ3) is 4.57. The van der Waals surface area contributed by atoms with Crippen LogP contribution in [0.25, 0.3) is 0 Å². The normalized spacial score (nSPS) is 13.6. The molecule has 1 N–H and O–H groups in total. The molecule has 0 amide bonds. The summed E-state index contributed by atoms with van der Waals surface area (Å²) >= 11 is 6.26. The maximum atomic E-state index is 11.6. The molecule has 2 rings (SSSR count). The Kier molecular flexibility index (Phi) is 6.43. The minimum Gasteiger partial charge on any atom is -0.496 e. The van der Waals surface area contributed by atoms with Gasteiger partial charge in [0.15, 0.2) is 0 Å². The van der Waals surface area contributed by atoms with E-state index in [9.17, 15) is 4.21 Å². The van der Waals surface area contributed by atoms with E-state index in [2.05, 4.69) is 5.32 Å². The maximum absolute atomic E-state index is 11.6. The van der Waals surface area contributed by atoms with E-state index in [1.807, 2.05) is 48.5 Å². The highest BCUT2D eigenvalue weighted by Crippen LogP contribution is 2.27. The summed E-state index contributed by atoms with van der Waals surface area (Å²) in [6, 6.07) is 15.6. The first kappa shape index (κ1) is 17.0. The molecule has 0 unspecified atom stereocenters. The van der Waals surface area contributed by atoms with Gasteiger partial charge in [-0.25, -0.2) is 0 Å². The molecule has 0 radical (unpaired) electrons. The van der Waals surface area contributed by atoms with Gasteiger partial charge in [0.2, 0.25) is 0 Å². The SMILES string of the molecule is COc1cccc(Cl)c1CN[C@H](C[S@@](C)=O)c1ccccc1. The second kappa shape index (κ2) is 8.32. The third-order valence-corrected chi connectivity index (χ3v) is 4.58. The van der Waals surface area contributed by atoms with Crippen LogP contribution < -0.4 is 10.1 Å². The fourth-order valence-corrected chi connectivity index (χ4v) is 3.33. The molecule has 118 valence electrons. The monoisotopic (exact) mass is 337 g/mol. The zero-order valence-electron chi connectivity index (χ0n) is 12.7. The van der Waals surface area contributed by atoms with Crippen molar-refractivity contribution in [3.63, 3.8) is 0 Å². The van der Waals surface area contributed by atoms with Crippen molar-refractivity contribution in [1.29, 1.82) is 0 Å². The highest BCUT2D eigenvalue weighted by molar-refractivity contribution is 7.84. The van der Waals surface area contributed by atoms with Gasteiger partial charge in [0, 0.05) is 46.0 Å². The molecule has 0 aliphatic carbocycles. The lowest BCUT2D eigenvalue weighted by Gasteiger charge is -2.19. The Bertz CT molecular complexity index is 634. The van der Waals surface area contributed by atoms with Gasteiger partial charge in [0.1, 0.15) is 5.75 Å². The van der Waals surface area contributed by atoms with E-state index in [-0.39, 0.29) is 6.04 Å². The van der Waals surface area contributed by atoms with E-state index >= 15 is 0 Å². The summed E-state index contributed by atoms with van der Waals surface area (Å²) in [5.74, 6) is 1.31. The van der Waals surface area contributed by atoms with Gasteiger partial charge in [-0.05, 0) is 17.7 Å². The summed E-state index contributed by atoms with van der Waals surface area (Å²) in [6.45, 7) is 0.555. The van der Waals surface area contributed by atoms with Gasteiger partial charge < -0.3 is 10.1 Å². The van der Waals surface area contributed by atoms with Gasteiger partial charge in [-0.2, -0.15) is 0 Å². The summed E-state index contributed by atoms with van der Waals surface area (Å²) in [5.41, 5.74) is 2.03. The number of hydrogen-bond donors (Lipinski definition) is 1. The van der Waals surface area contributed by atoms with Crippen molar-refractivity contribution >= 4 is 22.4 Å². The number of methoxy groups -OCH3 is 1. The number of ether oxygens (including phenoxy) is 1. The van der Waals surface area contributed by atoms with Crippen LogP contribution in [0.15, 0.2) is 48.5 Å². The number of nitrogens with one attached hydrogen (secondary N) is 1. The van der Waals surface area contributed by atoms with Crippen molar-refractivity contribution in [2.45, 2.75) is 12.6 Å². The molecule has 0 saturated carbocycles. The maximum Gasteiger partial charge on any atom is 0.124 e. The lowest BCUT2D eigenvalue weighted by molar-refractivity contribution is 0.406. The largest absolute Gasteiger partial charge is 0.496 e. The Morgan fingerprint density at radius 1 is 1.18 bits per heavy atom. The highest BCUT2D eigenvalue weighted by Gasteiger charge is 2.15. The lowest BCUT2D eigenvalue weighted by Crippen LogP contribution is -2.26. The van der Waals surface area contributed by atoms with Crippen molar-refractivity contribution in [1.82, 2.24) is 5.32 Å². The van der Waals surface area contributed by atoms with Gasteiger partial charge in [0.05, 0.1) is 7.11 Å². The average Bonchev–Trinajstić information content (AvgIpc) is 2.52. The Hall–Kier alpha value is -1.36.